The number of nitro groups is 1. The predicted molar refractivity (Wildman–Crippen MR) is 155 cm³/mol. The maximum absolute atomic E-state index is 14.0. The first-order valence-electron chi connectivity index (χ1n) is 12.6. The molecule has 1 N–H and O–H groups in total. The van der Waals surface area contributed by atoms with Crippen LogP contribution in [-0.4, -0.2) is 55.4 Å². The molecule has 3 aromatic rings. The monoisotopic (exact) mass is 586 g/mol. The van der Waals surface area contributed by atoms with Gasteiger partial charge in [-0.15, -0.1) is 0 Å². The van der Waals surface area contributed by atoms with Gasteiger partial charge in [0.15, 0.2) is 0 Å². The van der Waals surface area contributed by atoms with E-state index in [0.717, 1.165) is 22.2 Å². The van der Waals surface area contributed by atoms with Gasteiger partial charge in [-0.05, 0) is 29.7 Å². The number of anilines is 1. The number of halogens is 1. The molecule has 212 valence electrons. The lowest BCUT2D eigenvalue weighted by atomic mass is 10.0. The molecular weight excluding hydrogens is 556 g/mol. The third-order valence-electron chi connectivity index (χ3n) is 6.13. The van der Waals surface area contributed by atoms with Gasteiger partial charge < -0.3 is 10.2 Å². The van der Waals surface area contributed by atoms with Gasteiger partial charge in [-0.3, -0.25) is 24.0 Å². The number of rotatable bonds is 13. The highest BCUT2D eigenvalue weighted by Gasteiger charge is 2.33. The van der Waals surface area contributed by atoms with Gasteiger partial charge in [0.25, 0.3) is 5.69 Å². The summed E-state index contributed by atoms with van der Waals surface area (Å²) in [5.41, 5.74) is 1.00. The fraction of sp³-hybridized carbons (Fsp3) is 0.286. The summed E-state index contributed by atoms with van der Waals surface area (Å²) in [5.74, 6) is -1.07. The van der Waals surface area contributed by atoms with Crippen LogP contribution in [-0.2, 0) is 32.6 Å². The molecule has 2 amide bonds. The first-order chi connectivity index (χ1) is 19.0. The molecule has 0 aliphatic heterocycles. The minimum absolute atomic E-state index is 0.0437. The minimum atomic E-state index is -4.05. The molecule has 0 spiro atoms. The predicted octanol–water partition coefficient (Wildman–Crippen LogP) is 4.18. The van der Waals surface area contributed by atoms with Gasteiger partial charge in [0.05, 0.1) is 16.9 Å². The number of benzene rings is 3. The summed E-state index contributed by atoms with van der Waals surface area (Å²) in [4.78, 5) is 39.4. The Morgan fingerprint density at radius 3 is 2.33 bits per heavy atom. The number of nitrogens with zero attached hydrogens (tertiary/aromatic N) is 3. The summed E-state index contributed by atoms with van der Waals surface area (Å²) in [6, 6.07) is 20.1. The lowest BCUT2D eigenvalue weighted by molar-refractivity contribution is -0.384. The maximum atomic E-state index is 14.0. The molecule has 40 heavy (non-hydrogen) atoms. The lowest BCUT2D eigenvalue weighted by Crippen LogP contribution is -2.53. The largest absolute Gasteiger partial charge is 0.354 e. The molecule has 0 saturated heterocycles. The van der Waals surface area contributed by atoms with Crippen molar-refractivity contribution in [1.29, 1.82) is 0 Å². The van der Waals surface area contributed by atoms with Crippen molar-refractivity contribution in [2.24, 2.45) is 0 Å². The smallest absolute Gasteiger partial charge is 0.271 e. The molecule has 0 aliphatic carbocycles. The van der Waals surface area contributed by atoms with E-state index in [2.05, 4.69) is 5.32 Å². The van der Waals surface area contributed by atoms with Crippen LogP contribution in [0.5, 0.6) is 0 Å². The molecule has 1 unspecified atom stereocenters. The summed E-state index contributed by atoms with van der Waals surface area (Å²) in [6.45, 7) is 1.54. The van der Waals surface area contributed by atoms with E-state index in [0.29, 0.717) is 23.6 Å². The Kier molecular flexibility index (Phi) is 10.6. The van der Waals surface area contributed by atoms with Gasteiger partial charge >= 0.3 is 0 Å². The number of non-ortho nitro benzene ring substituents is 1. The Balaban J connectivity index is 2.07. The summed E-state index contributed by atoms with van der Waals surface area (Å²) in [7, 11) is -4.05. The number of carbonyl (C=O) groups is 2. The third kappa shape index (κ3) is 8.27. The van der Waals surface area contributed by atoms with Gasteiger partial charge in [0.2, 0.25) is 21.8 Å². The summed E-state index contributed by atoms with van der Waals surface area (Å²) in [6.07, 6.45) is 1.76. The van der Waals surface area contributed by atoms with Crippen LogP contribution in [0.3, 0.4) is 0 Å². The molecule has 3 rings (SSSR count). The van der Waals surface area contributed by atoms with Crippen LogP contribution in [0.2, 0.25) is 5.02 Å². The molecule has 0 radical (unpaired) electrons. The van der Waals surface area contributed by atoms with Crippen LogP contribution in [0.25, 0.3) is 0 Å². The van der Waals surface area contributed by atoms with Crippen molar-refractivity contribution in [1.82, 2.24) is 10.2 Å². The molecule has 0 fully saturated rings. The Hall–Kier alpha value is -3.96. The molecule has 3 aromatic carbocycles. The highest BCUT2D eigenvalue weighted by Crippen LogP contribution is 2.25. The van der Waals surface area contributed by atoms with Gasteiger partial charge in [0, 0.05) is 36.7 Å². The summed E-state index contributed by atoms with van der Waals surface area (Å²) in [5, 5.41) is 14.6. The lowest BCUT2D eigenvalue weighted by Gasteiger charge is -2.33. The molecule has 12 heteroatoms. The fourth-order valence-corrected chi connectivity index (χ4v) is 5.14. The highest BCUT2D eigenvalue weighted by molar-refractivity contribution is 7.92. The standard InChI is InChI=1S/C28H31ClN4O6S/c1-3-16-30-28(35)26(17-21-10-5-4-6-11-21)31(19-22-12-7-8-15-25(22)29)27(34)20-32(40(2,38)39)23-13-9-14-24(18-23)33(36)37/h4-15,18,26H,3,16-17,19-20H2,1-2H3,(H,30,35). The average Bonchev–Trinajstić information content (AvgIpc) is 2.93. The van der Waals surface area contributed by atoms with Gasteiger partial charge in [-0.1, -0.05) is 73.1 Å². The second kappa shape index (κ2) is 13.9. The van der Waals surface area contributed by atoms with E-state index in [1.54, 1.807) is 24.3 Å². The number of carbonyl (C=O) groups excluding carboxylic acids is 2. The van der Waals surface area contributed by atoms with Crippen molar-refractivity contribution < 1.29 is 22.9 Å². The zero-order valence-corrected chi connectivity index (χ0v) is 23.8. The van der Waals surface area contributed by atoms with E-state index >= 15 is 0 Å². The van der Waals surface area contributed by atoms with Crippen molar-refractivity contribution in [3.05, 3.63) is 105 Å². The van der Waals surface area contributed by atoms with Gasteiger partial charge in [-0.2, -0.15) is 0 Å². The second-order valence-corrected chi connectivity index (χ2v) is 11.5. The third-order valence-corrected chi connectivity index (χ3v) is 7.64. The SMILES string of the molecule is CCCNC(=O)C(Cc1ccccc1)N(Cc1ccccc1Cl)C(=O)CN(c1cccc([N+](=O)[O-])c1)S(C)(=O)=O. The van der Waals surface area contributed by atoms with E-state index in [-0.39, 0.29) is 24.3 Å². The zero-order chi connectivity index (χ0) is 29.3. The van der Waals surface area contributed by atoms with E-state index in [1.807, 2.05) is 37.3 Å². The first-order valence-corrected chi connectivity index (χ1v) is 14.8. The number of hydrogen-bond acceptors (Lipinski definition) is 6. The molecule has 1 atom stereocenters. The maximum Gasteiger partial charge on any atom is 0.271 e. The Labute approximate surface area is 238 Å². The molecule has 0 heterocycles. The summed E-state index contributed by atoms with van der Waals surface area (Å²) < 4.78 is 26.4. The van der Waals surface area contributed by atoms with Crippen molar-refractivity contribution in [3.8, 4) is 0 Å². The molecule has 0 saturated carbocycles. The molecule has 0 bridgehead atoms. The van der Waals surface area contributed by atoms with Crippen molar-refractivity contribution >= 4 is 44.8 Å². The fourth-order valence-electron chi connectivity index (χ4n) is 4.11. The number of sulfonamides is 1. The number of amides is 2. The normalized spacial score (nSPS) is 11.9. The van der Waals surface area contributed by atoms with E-state index in [4.69, 9.17) is 11.6 Å². The summed E-state index contributed by atoms with van der Waals surface area (Å²) >= 11 is 6.41. The van der Waals surface area contributed by atoms with Crippen molar-refractivity contribution in [3.63, 3.8) is 0 Å². The average molecular weight is 587 g/mol. The number of hydrogen-bond donors (Lipinski definition) is 1. The molecule has 0 aliphatic rings. The van der Waals surface area contributed by atoms with Crippen LogP contribution in [0.1, 0.15) is 24.5 Å². The van der Waals surface area contributed by atoms with E-state index < -0.39 is 39.3 Å². The van der Waals surface area contributed by atoms with Crippen molar-refractivity contribution in [2.45, 2.75) is 32.4 Å². The quantitative estimate of drug-likeness (QED) is 0.236. The Bertz CT molecular complexity index is 1450. The molecule has 10 nitrogen and oxygen atoms in total. The zero-order valence-electron chi connectivity index (χ0n) is 22.2. The Morgan fingerprint density at radius 1 is 1.02 bits per heavy atom. The van der Waals surface area contributed by atoms with Gasteiger partial charge in [0.1, 0.15) is 12.6 Å². The number of nitrogens with one attached hydrogen (secondary N) is 1. The van der Waals surface area contributed by atoms with Crippen LogP contribution in [0.4, 0.5) is 11.4 Å². The molecular formula is C28H31ClN4O6S. The molecule has 0 aromatic heterocycles. The topological polar surface area (TPSA) is 130 Å². The van der Waals surface area contributed by atoms with Crippen LogP contribution < -0.4 is 9.62 Å². The van der Waals surface area contributed by atoms with Crippen LogP contribution in [0, 0.1) is 10.1 Å². The highest BCUT2D eigenvalue weighted by atomic mass is 35.5. The van der Waals surface area contributed by atoms with Crippen LogP contribution >= 0.6 is 11.6 Å². The number of nitro benzene ring substituents is 1. The van der Waals surface area contributed by atoms with Crippen LogP contribution in [0.15, 0.2) is 78.9 Å². The van der Waals surface area contributed by atoms with E-state index in [1.165, 1.54) is 23.1 Å². The first kappa shape index (κ1) is 30.6. The minimum Gasteiger partial charge on any atom is -0.354 e. The second-order valence-electron chi connectivity index (χ2n) is 9.16. The Morgan fingerprint density at radius 2 is 1.70 bits per heavy atom. The van der Waals surface area contributed by atoms with Crippen molar-refractivity contribution in [2.75, 3.05) is 23.7 Å². The van der Waals surface area contributed by atoms with Gasteiger partial charge in [-0.25, -0.2) is 8.42 Å². The van der Waals surface area contributed by atoms with E-state index in [9.17, 15) is 28.1 Å².